The monoisotopic (exact) mass is 350 g/mol. The molecule has 1 aromatic carbocycles. The molecule has 0 radical (unpaired) electrons. The van der Waals surface area contributed by atoms with E-state index in [1.807, 2.05) is 29.2 Å². The lowest BCUT2D eigenvalue weighted by atomic mass is 9.82. The van der Waals surface area contributed by atoms with E-state index in [1.165, 1.54) is 5.56 Å². The molecular formula is C20H22N4O2. The molecule has 0 saturated carbocycles. The molecule has 1 atom stereocenters. The van der Waals surface area contributed by atoms with Gasteiger partial charge < -0.3 is 15.5 Å². The van der Waals surface area contributed by atoms with Gasteiger partial charge >= 0.3 is 0 Å². The maximum absolute atomic E-state index is 12.8. The van der Waals surface area contributed by atoms with Crippen LogP contribution in [0.25, 0.3) is 0 Å². The van der Waals surface area contributed by atoms with Gasteiger partial charge in [-0.25, -0.2) is 4.98 Å². The standard InChI is InChI=1S/C20H22N4O2/c25-19-13-24(11-10-21-19)18-9-8-15(12-22-18)23-20(26)17-7-3-5-14-4-1-2-6-16(14)17/h1-2,4,6,8-9,12,17H,3,5,7,10-11,13H2,(H,21,25)(H,23,26). The fraction of sp³-hybridized carbons (Fsp3) is 0.350. The quantitative estimate of drug-likeness (QED) is 0.889. The molecule has 2 aromatic rings. The second-order valence-electron chi connectivity index (χ2n) is 6.81. The molecule has 2 N–H and O–H groups in total. The number of amides is 2. The van der Waals surface area contributed by atoms with Crippen molar-refractivity contribution in [1.82, 2.24) is 10.3 Å². The summed E-state index contributed by atoms with van der Waals surface area (Å²) >= 11 is 0. The molecule has 26 heavy (non-hydrogen) atoms. The van der Waals surface area contributed by atoms with Crippen LogP contribution in [-0.2, 0) is 16.0 Å². The lowest BCUT2D eigenvalue weighted by molar-refractivity contribution is -0.120. The van der Waals surface area contributed by atoms with Crippen LogP contribution in [0.1, 0.15) is 29.9 Å². The van der Waals surface area contributed by atoms with Crippen molar-refractivity contribution in [3.8, 4) is 0 Å². The number of aryl methyl sites for hydroxylation is 1. The summed E-state index contributed by atoms with van der Waals surface area (Å²) in [7, 11) is 0. The maximum atomic E-state index is 12.8. The molecule has 2 aliphatic rings. The van der Waals surface area contributed by atoms with Gasteiger partial charge in [0.15, 0.2) is 0 Å². The summed E-state index contributed by atoms with van der Waals surface area (Å²) in [5, 5.41) is 5.79. The molecule has 0 spiro atoms. The Morgan fingerprint density at radius 1 is 1.23 bits per heavy atom. The molecule has 2 heterocycles. The third-order valence-corrected chi connectivity index (χ3v) is 5.06. The van der Waals surface area contributed by atoms with Crippen LogP contribution < -0.4 is 15.5 Å². The Morgan fingerprint density at radius 2 is 2.12 bits per heavy atom. The average molecular weight is 350 g/mol. The smallest absolute Gasteiger partial charge is 0.239 e. The molecule has 134 valence electrons. The van der Waals surface area contributed by atoms with Crippen LogP contribution in [0.3, 0.4) is 0 Å². The average Bonchev–Trinajstić information content (AvgIpc) is 2.68. The van der Waals surface area contributed by atoms with Gasteiger partial charge in [-0.3, -0.25) is 9.59 Å². The molecule has 1 aliphatic heterocycles. The van der Waals surface area contributed by atoms with Gasteiger partial charge in [0, 0.05) is 13.1 Å². The van der Waals surface area contributed by atoms with Crippen molar-refractivity contribution >= 4 is 23.3 Å². The van der Waals surface area contributed by atoms with E-state index >= 15 is 0 Å². The highest BCUT2D eigenvalue weighted by Crippen LogP contribution is 2.32. The van der Waals surface area contributed by atoms with Gasteiger partial charge in [0.1, 0.15) is 5.82 Å². The number of nitrogens with zero attached hydrogens (tertiary/aromatic N) is 2. The number of fused-ring (bicyclic) bond motifs is 1. The highest BCUT2D eigenvalue weighted by molar-refractivity contribution is 5.96. The Balaban J connectivity index is 1.45. The van der Waals surface area contributed by atoms with Crippen LogP contribution in [0.5, 0.6) is 0 Å². The lowest BCUT2D eigenvalue weighted by Crippen LogP contribution is -2.48. The maximum Gasteiger partial charge on any atom is 0.239 e. The SMILES string of the molecule is O=C1CN(c2ccc(NC(=O)C3CCCc4ccccc43)cn2)CCN1. The fourth-order valence-electron chi connectivity index (χ4n) is 3.74. The van der Waals surface area contributed by atoms with E-state index in [0.717, 1.165) is 37.2 Å². The highest BCUT2D eigenvalue weighted by Gasteiger charge is 2.26. The number of hydrogen-bond acceptors (Lipinski definition) is 4. The number of carbonyl (C=O) groups is 2. The van der Waals surface area contributed by atoms with Crippen LogP contribution >= 0.6 is 0 Å². The van der Waals surface area contributed by atoms with Crippen LogP contribution in [0.15, 0.2) is 42.6 Å². The van der Waals surface area contributed by atoms with Crippen molar-refractivity contribution in [3.05, 3.63) is 53.7 Å². The fourth-order valence-corrected chi connectivity index (χ4v) is 3.74. The molecule has 1 saturated heterocycles. The van der Waals surface area contributed by atoms with Crippen molar-refractivity contribution in [2.45, 2.75) is 25.2 Å². The molecule has 4 rings (SSSR count). The number of piperazine rings is 1. The minimum absolute atomic E-state index is 0.00592. The summed E-state index contributed by atoms with van der Waals surface area (Å²) in [4.78, 5) is 30.6. The van der Waals surface area contributed by atoms with Crippen molar-refractivity contribution in [2.75, 3.05) is 29.9 Å². The minimum atomic E-state index is -0.106. The zero-order valence-electron chi connectivity index (χ0n) is 14.6. The number of benzene rings is 1. The Labute approximate surface area is 152 Å². The zero-order valence-corrected chi connectivity index (χ0v) is 14.6. The van der Waals surface area contributed by atoms with Gasteiger partial charge in [0.2, 0.25) is 11.8 Å². The zero-order chi connectivity index (χ0) is 17.9. The molecule has 2 amide bonds. The molecule has 6 nitrogen and oxygen atoms in total. The van der Waals surface area contributed by atoms with Crippen molar-refractivity contribution in [2.24, 2.45) is 0 Å². The number of aromatic nitrogens is 1. The first-order valence-electron chi connectivity index (χ1n) is 9.07. The van der Waals surface area contributed by atoms with Gasteiger partial charge in [-0.1, -0.05) is 24.3 Å². The first kappa shape index (κ1) is 16.6. The van der Waals surface area contributed by atoms with Gasteiger partial charge in [0.05, 0.1) is 24.3 Å². The first-order valence-corrected chi connectivity index (χ1v) is 9.07. The summed E-state index contributed by atoms with van der Waals surface area (Å²) in [6, 6.07) is 11.9. The van der Waals surface area contributed by atoms with Gasteiger partial charge in [0.25, 0.3) is 0 Å². The predicted molar refractivity (Wildman–Crippen MR) is 100 cm³/mol. The predicted octanol–water partition coefficient (Wildman–Crippen LogP) is 2.08. The largest absolute Gasteiger partial charge is 0.353 e. The second-order valence-corrected chi connectivity index (χ2v) is 6.81. The number of rotatable bonds is 3. The number of nitrogens with one attached hydrogen (secondary N) is 2. The summed E-state index contributed by atoms with van der Waals surface area (Å²) in [5.41, 5.74) is 3.10. The van der Waals surface area contributed by atoms with Crippen LogP contribution in [-0.4, -0.2) is 36.4 Å². The van der Waals surface area contributed by atoms with E-state index in [-0.39, 0.29) is 17.7 Å². The topological polar surface area (TPSA) is 74.3 Å². The third kappa shape index (κ3) is 3.40. The van der Waals surface area contributed by atoms with E-state index in [1.54, 1.807) is 6.20 Å². The number of pyridine rings is 1. The molecule has 6 heteroatoms. The lowest BCUT2D eigenvalue weighted by Gasteiger charge is -2.27. The molecule has 1 fully saturated rings. The van der Waals surface area contributed by atoms with E-state index in [4.69, 9.17) is 0 Å². The number of hydrogen-bond donors (Lipinski definition) is 2. The summed E-state index contributed by atoms with van der Waals surface area (Å²) < 4.78 is 0. The van der Waals surface area contributed by atoms with E-state index < -0.39 is 0 Å². The van der Waals surface area contributed by atoms with Gasteiger partial charge in [-0.15, -0.1) is 0 Å². The minimum Gasteiger partial charge on any atom is -0.353 e. The summed E-state index contributed by atoms with van der Waals surface area (Å²) in [5.74, 6) is 0.668. The Hall–Kier alpha value is -2.89. The second kappa shape index (κ2) is 7.15. The molecule has 0 bridgehead atoms. The molecule has 1 aromatic heterocycles. The first-order chi connectivity index (χ1) is 12.7. The third-order valence-electron chi connectivity index (χ3n) is 5.06. The van der Waals surface area contributed by atoms with Gasteiger partial charge in [-0.05, 0) is 42.5 Å². The Bertz CT molecular complexity index is 819. The van der Waals surface area contributed by atoms with Crippen LogP contribution in [0.2, 0.25) is 0 Å². The summed E-state index contributed by atoms with van der Waals surface area (Å²) in [6.45, 7) is 1.68. The number of carbonyl (C=O) groups excluding carboxylic acids is 2. The van der Waals surface area contributed by atoms with Crippen LogP contribution in [0, 0.1) is 0 Å². The molecular weight excluding hydrogens is 328 g/mol. The van der Waals surface area contributed by atoms with E-state index in [0.29, 0.717) is 18.8 Å². The van der Waals surface area contributed by atoms with Gasteiger partial charge in [-0.2, -0.15) is 0 Å². The van der Waals surface area contributed by atoms with E-state index in [9.17, 15) is 9.59 Å². The van der Waals surface area contributed by atoms with E-state index in [2.05, 4.69) is 27.8 Å². The summed E-state index contributed by atoms with van der Waals surface area (Å²) in [6.07, 6.45) is 4.61. The Kier molecular flexibility index (Phi) is 4.56. The van der Waals surface area contributed by atoms with Crippen molar-refractivity contribution in [3.63, 3.8) is 0 Å². The normalized spacial score (nSPS) is 19.5. The Morgan fingerprint density at radius 3 is 2.92 bits per heavy atom. The van der Waals surface area contributed by atoms with Crippen molar-refractivity contribution < 1.29 is 9.59 Å². The molecule has 1 unspecified atom stereocenters. The number of anilines is 2. The van der Waals surface area contributed by atoms with Crippen LogP contribution in [0.4, 0.5) is 11.5 Å². The van der Waals surface area contributed by atoms with Crippen molar-refractivity contribution in [1.29, 1.82) is 0 Å². The molecule has 1 aliphatic carbocycles. The highest BCUT2D eigenvalue weighted by atomic mass is 16.2.